The molecule has 2 aromatic rings. The number of aromatic nitrogens is 4. The lowest BCUT2D eigenvalue weighted by atomic mass is 10.2. The first kappa shape index (κ1) is 10.2. The van der Waals surface area contributed by atoms with Crippen LogP contribution in [-0.2, 0) is 11.2 Å². The maximum atomic E-state index is 10.9. The number of carbonyl (C=O) groups is 1. The molecule has 0 bridgehead atoms. The van der Waals surface area contributed by atoms with Crippen LogP contribution in [0.1, 0.15) is 19.2 Å². The predicted molar refractivity (Wildman–Crippen MR) is 57.5 cm³/mol. The van der Waals surface area contributed by atoms with Gasteiger partial charge in [0.25, 0.3) is 0 Å². The fourth-order valence-electron chi connectivity index (χ4n) is 1.30. The van der Waals surface area contributed by atoms with Crippen LogP contribution >= 0.6 is 15.9 Å². The lowest BCUT2D eigenvalue weighted by Crippen LogP contribution is -1.99. The number of hydrogen-bond acceptors (Lipinski definition) is 4. The third-order valence-corrected chi connectivity index (χ3v) is 2.61. The first-order valence-corrected chi connectivity index (χ1v) is 5.31. The van der Waals surface area contributed by atoms with Gasteiger partial charge in [-0.1, -0.05) is 0 Å². The van der Waals surface area contributed by atoms with Gasteiger partial charge >= 0.3 is 0 Å². The van der Waals surface area contributed by atoms with Gasteiger partial charge < -0.3 is 4.79 Å². The van der Waals surface area contributed by atoms with Crippen LogP contribution in [0.5, 0.6) is 0 Å². The SMILES string of the molecule is CC(=O)CCc1nnc2c(Br)nccn12. The van der Waals surface area contributed by atoms with E-state index < -0.39 is 0 Å². The average molecular weight is 269 g/mol. The molecule has 0 radical (unpaired) electrons. The lowest BCUT2D eigenvalue weighted by Gasteiger charge is -1.97. The first-order chi connectivity index (χ1) is 7.18. The second-order valence-corrected chi connectivity index (χ2v) is 3.98. The molecule has 0 aliphatic carbocycles. The highest BCUT2D eigenvalue weighted by molar-refractivity contribution is 9.10. The van der Waals surface area contributed by atoms with Crippen molar-refractivity contribution in [2.75, 3.05) is 0 Å². The molecule has 0 saturated carbocycles. The van der Waals surface area contributed by atoms with Crippen molar-refractivity contribution in [1.82, 2.24) is 19.6 Å². The number of aryl methyl sites for hydroxylation is 1. The molecule has 0 N–H and O–H groups in total. The number of nitrogens with zero attached hydrogens (tertiary/aromatic N) is 4. The molecule has 2 rings (SSSR count). The molecule has 15 heavy (non-hydrogen) atoms. The highest BCUT2D eigenvalue weighted by Gasteiger charge is 2.08. The molecule has 5 nitrogen and oxygen atoms in total. The van der Waals surface area contributed by atoms with E-state index in [0.29, 0.717) is 23.1 Å². The van der Waals surface area contributed by atoms with Crippen molar-refractivity contribution in [2.45, 2.75) is 19.8 Å². The summed E-state index contributed by atoms with van der Waals surface area (Å²) in [6.45, 7) is 1.57. The van der Waals surface area contributed by atoms with Crippen LogP contribution in [0.15, 0.2) is 17.0 Å². The molecule has 0 amide bonds. The van der Waals surface area contributed by atoms with Crippen LogP contribution in [-0.4, -0.2) is 25.4 Å². The van der Waals surface area contributed by atoms with Crippen molar-refractivity contribution in [3.8, 4) is 0 Å². The molecule has 0 spiro atoms. The summed E-state index contributed by atoms with van der Waals surface area (Å²) in [5.74, 6) is 0.933. The summed E-state index contributed by atoms with van der Waals surface area (Å²) in [7, 11) is 0. The molecule has 0 saturated heterocycles. The van der Waals surface area contributed by atoms with Crippen LogP contribution in [0.2, 0.25) is 0 Å². The van der Waals surface area contributed by atoms with Gasteiger partial charge in [-0.2, -0.15) is 0 Å². The average Bonchev–Trinajstić information content (AvgIpc) is 2.59. The Morgan fingerprint density at radius 2 is 2.33 bits per heavy atom. The molecule has 0 aromatic carbocycles. The van der Waals surface area contributed by atoms with E-state index in [9.17, 15) is 4.79 Å². The Balaban J connectivity index is 2.37. The summed E-state index contributed by atoms with van der Waals surface area (Å²) >= 11 is 3.29. The van der Waals surface area contributed by atoms with Crippen molar-refractivity contribution in [1.29, 1.82) is 0 Å². The molecule has 0 fully saturated rings. The van der Waals surface area contributed by atoms with E-state index in [4.69, 9.17) is 0 Å². The first-order valence-electron chi connectivity index (χ1n) is 4.52. The van der Waals surface area contributed by atoms with Crippen molar-refractivity contribution in [3.05, 3.63) is 22.8 Å². The zero-order chi connectivity index (χ0) is 10.8. The van der Waals surface area contributed by atoms with Gasteiger partial charge in [0.05, 0.1) is 0 Å². The highest BCUT2D eigenvalue weighted by Crippen LogP contribution is 2.13. The Labute approximate surface area is 94.7 Å². The number of Topliss-reactive ketones (excluding diaryl/α,β-unsaturated/α-hetero) is 1. The molecular weight excluding hydrogens is 260 g/mol. The Bertz CT molecular complexity index is 508. The van der Waals surface area contributed by atoms with Crippen molar-refractivity contribution in [3.63, 3.8) is 0 Å². The predicted octanol–water partition coefficient (Wildman–Crippen LogP) is 1.41. The van der Waals surface area contributed by atoms with Gasteiger partial charge in [0.2, 0.25) is 0 Å². The second-order valence-electron chi connectivity index (χ2n) is 3.23. The van der Waals surface area contributed by atoms with Crippen molar-refractivity contribution < 1.29 is 4.79 Å². The number of hydrogen-bond donors (Lipinski definition) is 0. The van der Waals surface area contributed by atoms with Crippen LogP contribution in [0.3, 0.4) is 0 Å². The van der Waals surface area contributed by atoms with Gasteiger partial charge in [-0.15, -0.1) is 10.2 Å². The summed E-state index contributed by atoms with van der Waals surface area (Å²) in [4.78, 5) is 14.9. The van der Waals surface area contributed by atoms with Gasteiger partial charge in [-0.05, 0) is 22.9 Å². The Kier molecular flexibility index (Phi) is 2.77. The van der Waals surface area contributed by atoms with Gasteiger partial charge in [-0.3, -0.25) is 4.40 Å². The number of fused-ring (bicyclic) bond motifs is 1. The van der Waals surface area contributed by atoms with Crippen LogP contribution < -0.4 is 0 Å². The molecule has 0 aliphatic heterocycles. The van der Waals surface area contributed by atoms with Crippen molar-refractivity contribution >= 4 is 27.4 Å². The van der Waals surface area contributed by atoms with Crippen LogP contribution in [0.4, 0.5) is 0 Å². The van der Waals surface area contributed by atoms with Crippen LogP contribution in [0, 0.1) is 0 Å². The van der Waals surface area contributed by atoms with E-state index in [1.807, 2.05) is 4.40 Å². The van der Waals surface area contributed by atoms with E-state index in [0.717, 1.165) is 5.82 Å². The number of carbonyl (C=O) groups excluding carboxylic acids is 1. The van der Waals surface area contributed by atoms with E-state index in [2.05, 4.69) is 31.1 Å². The number of halogens is 1. The van der Waals surface area contributed by atoms with Crippen molar-refractivity contribution in [2.24, 2.45) is 0 Å². The smallest absolute Gasteiger partial charge is 0.193 e. The highest BCUT2D eigenvalue weighted by atomic mass is 79.9. The maximum Gasteiger partial charge on any atom is 0.193 e. The maximum absolute atomic E-state index is 10.9. The standard InChI is InChI=1S/C9H9BrN4O/c1-6(15)2-3-7-12-13-9-8(10)11-4-5-14(7)9/h4-5H,2-3H2,1H3. The molecule has 6 heteroatoms. The second kappa shape index (κ2) is 4.06. The zero-order valence-electron chi connectivity index (χ0n) is 8.14. The van der Waals surface area contributed by atoms with Gasteiger partial charge in [0.15, 0.2) is 10.3 Å². The van der Waals surface area contributed by atoms with E-state index in [-0.39, 0.29) is 5.78 Å². The molecular formula is C9H9BrN4O. The summed E-state index contributed by atoms with van der Waals surface area (Å²) in [6, 6.07) is 0. The monoisotopic (exact) mass is 268 g/mol. The third kappa shape index (κ3) is 2.04. The van der Waals surface area contributed by atoms with E-state index in [1.54, 1.807) is 19.3 Å². The molecule has 0 unspecified atom stereocenters. The summed E-state index contributed by atoms with van der Waals surface area (Å²) in [5.41, 5.74) is 0.677. The number of ketones is 1. The van der Waals surface area contributed by atoms with E-state index in [1.165, 1.54) is 0 Å². The molecule has 0 atom stereocenters. The van der Waals surface area contributed by atoms with Gasteiger partial charge in [0.1, 0.15) is 11.6 Å². The molecule has 78 valence electrons. The fourth-order valence-corrected chi connectivity index (χ4v) is 1.69. The Hall–Kier alpha value is -1.30. The Morgan fingerprint density at radius 1 is 1.53 bits per heavy atom. The summed E-state index contributed by atoms with van der Waals surface area (Å²) < 4.78 is 2.49. The fraction of sp³-hybridized carbons (Fsp3) is 0.333. The largest absolute Gasteiger partial charge is 0.300 e. The minimum absolute atomic E-state index is 0.153. The Morgan fingerprint density at radius 3 is 3.07 bits per heavy atom. The molecule has 2 heterocycles. The van der Waals surface area contributed by atoms with Gasteiger partial charge in [-0.25, -0.2) is 4.98 Å². The molecule has 0 aliphatic rings. The third-order valence-electron chi connectivity index (χ3n) is 2.06. The van der Waals surface area contributed by atoms with Gasteiger partial charge in [0, 0.05) is 25.2 Å². The normalized spacial score (nSPS) is 10.8. The summed E-state index contributed by atoms with van der Waals surface area (Å²) in [5, 5.41) is 8.01. The topological polar surface area (TPSA) is 60.2 Å². The minimum Gasteiger partial charge on any atom is -0.300 e. The quantitative estimate of drug-likeness (QED) is 0.845. The van der Waals surface area contributed by atoms with E-state index >= 15 is 0 Å². The summed E-state index contributed by atoms with van der Waals surface area (Å²) in [6.07, 6.45) is 4.54. The molecule has 2 aromatic heterocycles. The minimum atomic E-state index is 0.153. The zero-order valence-corrected chi connectivity index (χ0v) is 9.73. The lowest BCUT2D eigenvalue weighted by molar-refractivity contribution is -0.117. The van der Waals surface area contributed by atoms with Crippen LogP contribution in [0.25, 0.3) is 5.65 Å². The number of rotatable bonds is 3.